The summed E-state index contributed by atoms with van der Waals surface area (Å²) in [6.45, 7) is 4.75. The minimum Gasteiger partial charge on any atom is -0.398 e. The summed E-state index contributed by atoms with van der Waals surface area (Å²) < 4.78 is 39.5. The van der Waals surface area contributed by atoms with Crippen LogP contribution in [0.15, 0.2) is 18.2 Å². The second-order valence-corrected chi connectivity index (χ2v) is 11.1. The number of amides is 1. The molecule has 204 valence electrons. The van der Waals surface area contributed by atoms with Gasteiger partial charge in [-0.3, -0.25) is 9.69 Å². The molecule has 1 heterocycles. The SMILES string of the molecule is Cl.Cl.Nc1ccc(N2CCN(CCCCNC(=O)C3C4CC5CC(C4)CC3C5)CC2)cc1C(F)(F)F. The third-order valence-electron chi connectivity index (χ3n) is 8.81. The number of alkyl halides is 3. The minimum atomic E-state index is -4.44. The fourth-order valence-corrected chi connectivity index (χ4v) is 7.36. The molecule has 1 aliphatic heterocycles. The fourth-order valence-electron chi connectivity index (χ4n) is 7.36. The Balaban J connectivity index is 0.00000180. The lowest BCUT2D eigenvalue weighted by Gasteiger charge is -2.53. The summed E-state index contributed by atoms with van der Waals surface area (Å²) in [6, 6.07) is 4.19. The normalized spacial score (nSPS) is 29.4. The van der Waals surface area contributed by atoms with Gasteiger partial charge in [0.2, 0.25) is 5.91 Å². The molecule has 1 aromatic carbocycles. The first-order chi connectivity index (χ1) is 16.3. The molecule has 0 aromatic heterocycles. The first-order valence-electron chi connectivity index (χ1n) is 13.0. The van der Waals surface area contributed by atoms with Crippen LogP contribution in [0.25, 0.3) is 0 Å². The number of nitrogens with zero attached hydrogens (tertiary/aromatic N) is 2. The number of halogens is 5. The minimum absolute atomic E-state index is 0. The summed E-state index contributed by atoms with van der Waals surface area (Å²) >= 11 is 0. The van der Waals surface area contributed by atoms with Gasteiger partial charge in [-0.25, -0.2) is 0 Å². The molecule has 4 saturated carbocycles. The molecule has 0 unspecified atom stereocenters. The maximum absolute atomic E-state index is 13.2. The van der Waals surface area contributed by atoms with Crippen LogP contribution in [-0.4, -0.2) is 50.1 Å². The Morgan fingerprint density at radius 1 is 0.944 bits per heavy atom. The molecule has 0 atom stereocenters. The van der Waals surface area contributed by atoms with E-state index in [1.807, 2.05) is 4.90 Å². The summed E-state index contributed by atoms with van der Waals surface area (Å²) in [5.41, 5.74) is 5.11. The van der Waals surface area contributed by atoms with Crippen molar-refractivity contribution in [1.82, 2.24) is 10.2 Å². The van der Waals surface area contributed by atoms with Crippen molar-refractivity contribution >= 4 is 42.1 Å². The number of nitrogens with one attached hydrogen (secondary N) is 1. The topological polar surface area (TPSA) is 61.6 Å². The van der Waals surface area contributed by atoms with Crippen molar-refractivity contribution in [3.63, 3.8) is 0 Å². The van der Waals surface area contributed by atoms with Crippen molar-refractivity contribution in [1.29, 1.82) is 0 Å². The molecule has 4 aliphatic carbocycles. The van der Waals surface area contributed by atoms with Gasteiger partial charge in [0.25, 0.3) is 0 Å². The van der Waals surface area contributed by atoms with Crippen molar-refractivity contribution in [2.24, 2.45) is 29.6 Å². The number of piperazine rings is 1. The zero-order valence-electron chi connectivity index (χ0n) is 20.6. The van der Waals surface area contributed by atoms with E-state index in [1.54, 1.807) is 6.07 Å². The maximum atomic E-state index is 13.2. The van der Waals surface area contributed by atoms with Crippen LogP contribution in [0.3, 0.4) is 0 Å². The number of unbranched alkanes of at least 4 members (excludes halogenated alkanes) is 1. The highest BCUT2D eigenvalue weighted by Crippen LogP contribution is 2.56. The Bertz CT molecular complexity index is 864. The largest absolute Gasteiger partial charge is 0.418 e. The van der Waals surface area contributed by atoms with Gasteiger partial charge in [0, 0.05) is 50.0 Å². The van der Waals surface area contributed by atoms with Gasteiger partial charge in [0.05, 0.1) is 5.56 Å². The van der Waals surface area contributed by atoms with Gasteiger partial charge < -0.3 is 16.0 Å². The summed E-state index contributed by atoms with van der Waals surface area (Å²) in [7, 11) is 0. The zero-order chi connectivity index (χ0) is 23.9. The van der Waals surface area contributed by atoms with Gasteiger partial charge in [-0.1, -0.05) is 0 Å². The summed E-state index contributed by atoms with van der Waals surface area (Å²) in [5.74, 6) is 3.58. The van der Waals surface area contributed by atoms with E-state index in [-0.39, 0.29) is 36.4 Å². The van der Waals surface area contributed by atoms with Crippen LogP contribution in [0, 0.1) is 29.6 Å². The molecule has 5 fully saturated rings. The predicted molar refractivity (Wildman–Crippen MR) is 142 cm³/mol. The summed E-state index contributed by atoms with van der Waals surface area (Å²) in [5, 5.41) is 3.23. The van der Waals surface area contributed by atoms with Gasteiger partial charge in [-0.2, -0.15) is 13.2 Å². The Morgan fingerprint density at radius 3 is 2.14 bits per heavy atom. The number of anilines is 2. The lowest BCUT2D eigenvalue weighted by atomic mass is 9.51. The van der Waals surface area contributed by atoms with Crippen LogP contribution in [0.4, 0.5) is 24.5 Å². The first-order valence-corrected chi connectivity index (χ1v) is 13.0. The molecule has 10 heteroatoms. The van der Waals surface area contributed by atoms with Crippen molar-refractivity contribution in [2.45, 2.75) is 51.1 Å². The maximum Gasteiger partial charge on any atom is 0.418 e. The van der Waals surface area contributed by atoms with Crippen molar-refractivity contribution in [2.75, 3.05) is 49.9 Å². The number of carbonyl (C=O) groups is 1. The van der Waals surface area contributed by atoms with Crippen LogP contribution < -0.4 is 16.0 Å². The van der Waals surface area contributed by atoms with Crippen LogP contribution in [0.1, 0.15) is 50.5 Å². The Labute approximate surface area is 224 Å². The molecular formula is C26H39Cl2F3N4O. The molecule has 36 heavy (non-hydrogen) atoms. The predicted octanol–water partition coefficient (Wildman–Crippen LogP) is 5.22. The van der Waals surface area contributed by atoms with E-state index in [9.17, 15) is 18.0 Å². The average molecular weight is 552 g/mol. The number of benzene rings is 1. The quantitative estimate of drug-likeness (QED) is 0.361. The van der Waals surface area contributed by atoms with Crippen molar-refractivity contribution in [3.8, 4) is 0 Å². The Hall–Kier alpha value is -1.38. The molecule has 3 N–H and O–H groups in total. The molecule has 0 spiro atoms. The lowest BCUT2D eigenvalue weighted by Crippen LogP contribution is -2.51. The summed E-state index contributed by atoms with van der Waals surface area (Å²) in [6.07, 6.45) is 4.03. The number of carbonyl (C=O) groups excluding carboxylic acids is 1. The third kappa shape index (κ3) is 6.36. The molecule has 1 saturated heterocycles. The fraction of sp³-hybridized carbons (Fsp3) is 0.731. The van der Waals surface area contributed by atoms with E-state index in [0.29, 0.717) is 36.5 Å². The highest BCUT2D eigenvalue weighted by Gasteiger charge is 2.50. The van der Waals surface area contributed by atoms with Crippen LogP contribution >= 0.6 is 24.8 Å². The molecule has 6 rings (SSSR count). The second-order valence-electron chi connectivity index (χ2n) is 11.1. The zero-order valence-corrected chi connectivity index (χ0v) is 22.3. The Kier molecular flexibility index (Phi) is 9.72. The van der Waals surface area contributed by atoms with E-state index >= 15 is 0 Å². The molecular weight excluding hydrogens is 512 g/mol. The van der Waals surface area contributed by atoms with Crippen molar-refractivity contribution in [3.05, 3.63) is 23.8 Å². The molecule has 0 radical (unpaired) electrons. The standard InChI is InChI=1S/C26H37F3N4O.2ClH/c27-26(28,29)22-16-21(3-4-23(22)30)33-9-7-32(8-10-33)6-2-1-5-31-25(34)24-19-12-17-11-18(14-19)15-20(24)13-17;;/h3-4,16-20,24H,1-2,5-15,30H2,(H,31,34);2*1H. The van der Waals surface area contributed by atoms with Gasteiger partial charge >= 0.3 is 6.18 Å². The van der Waals surface area contributed by atoms with Crippen LogP contribution in [0.2, 0.25) is 0 Å². The number of hydrogen-bond donors (Lipinski definition) is 2. The highest BCUT2D eigenvalue weighted by atomic mass is 35.5. The number of nitrogens with two attached hydrogens (primary N) is 1. The number of nitrogen functional groups attached to an aromatic ring is 1. The van der Waals surface area contributed by atoms with E-state index in [2.05, 4.69) is 10.2 Å². The second kappa shape index (κ2) is 12.0. The van der Waals surface area contributed by atoms with Crippen molar-refractivity contribution < 1.29 is 18.0 Å². The molecule has 5 nitrogen and oxygen atoms in total. The van der Waals surface area contributed by atoms with Gasteiger partial charge in [-0.15, -0.1) is 24.8 Å². The molecule has 5 aliphatic rings. The lowest BCUT2D eigenvalue weighted by molar-refractivity contribution is -0.138. The summed E-state index contributed by atoms with van der Waals surface area (Å²) in [4.78, 5) is 17.2. The van der Waals surface area contributed by atoms with E-state index in [4.69, 9.17) is 5.73 Å². The molecule has 1 aromatic rings. The van der Waals surface area contributed by atoms with Crippen LogP contribution in [-0.2, 0) is 11.0 Å². The smallest absolute Gasteiger partial charge is 0.398 e. The van der Waals surface area contributed by atoms with Crippen LogP contribution in [0.5, 0.6) is 0 Å². The Morgan fingerprint density at radius 2 is 1.56 bits per heavy atom. The molecule has 4 bridgehead atoms. The van der Waals surface area contributed by atoms with Gasteiger partial charge in [-0.05, 0) is 93.4 Å². The average Bonchev–Trinajstić information content (AvgIpc) is 2.78. The van der Waals surface area contributed by atoms with Gasteiger partial charge in [0.1, 0.15) is 0 Å². The number of hydrogen-bond acceptors (Lipinski definition) is 4. The highest BCUT2D eigenvalue weighted by molar-refractivity contribution is 5.85. The molecule has 1 amide bonds. The van der Waals surface area contributed by atoms with E-state index < -0.39 is 11.7 Å². The first kappa shape index (κ1) is 29.2. The number of rotatable bonds is 7. The van der Waals surface area contributed by atoms with E-state index in [1.165, 1.54) is 38.2 Å². The van der Waals surface area contributed by atoms with Gasteiger partial charge in [0.15, 0.2) is 0 Å². The monoisotopic (exact) mass is 550 g/mol. The van der Waals surface area contributed by atoms with E-state index in [0.717, 1.165) is 56.9 Å². The third-order valence-corrected chi connectivity index (χ3v) is 8.81.